The van der Waals surface area contributed by atoms with E-state index in [2.05, 4.69) is 20.4 Å². The molecule has 2 aromatic heterocycles. The van der Waals surface area contributed by atoms with Crippen LogP contribution in [0.3, 0.4) is 0 Å². The summed E-state index contributed by atoms with van der Waals surface area (Å²) in [6.07, 6.45) is 8.35. The van der Waals surface area contributed by atoms with Crippen molar-refractivity contribution in [3.05, 3.63) is 35.6 Å². The molecule has 0 spiro atoms. The van der Waals surface area contributed by atoms with E-state index >= 15 is 0 Å². The summed E-state index contributed by atoms with van der Waals surface area (Å²) in [6, 6.07) is 0. The normalized spacial score (nSPS) is 17.9. The van der Waals surface area contributed by atoms with Gasteiger partial charge in [0.15, 0.2) is 0 Å². The fourth-order valence-electron chi connectivity index (χ4n) is 2.15. The van der Waals surface area contributed by atoms with Crippen LogP contribution in [0.2, 0.25) is 5.15 Å². The molecule has 3 rings (SSSR count). The summed E-state index contributed by atoms with van der Waals surface area (Å²) in [5, 5.41) is 7.17. The van der Waals surface area contributed by atoms with E-state index in [0.717, 1.165) is 19.4 Å². The lowest BCUT2D eigenvalue weighted by molar-refractivity contribution is 0.0940. The molecule has 1 fully saturated rings. The number of carbonyl (C=O) groups excluding carboxylic acids is 1. The molecule has 0 radical (unpaired) electrons. The second kappa shape index (κ2) is 6.19. The summed E-state index contributed by atoms with van der Waals surface area (Å²) in [6.45, 7) is 1.50. The van der Waals surface area contributed by atoms with Gasteiger partial charge in [0.05, 0.1) is 36.9 Å². The molecule has 21 heavy (non-hydrogen) atoms. The lowest BCUT2D eigenvalue weighted by Gasteiger charge is -2.08. The third-order valence-corrected chi connectivity index (χ3v) is 3.35. The first-order valence-electron chi connectivity index (χ1n) is 6.63. The Morgan fingerprint density at radius 3 is 3.05 bits per heavy atom. The summed E-state index contributed by atoms with van der Waals surface area (Å²) >= 11 is 5.63. The predicted molar refractivity (Wildman–Crippen MR) is 76.2 cm³/mol. The monoisotopic (exact) mass is 307 g/mol. The molecule has 0 saturated carbocycles. The van der Waals surface area contributed by atoms with Gasteiger partial charge >= 0.3 is 0 Å². The Balaban J connectivity index is 1.61. The first-order chi connectivity index (χ1) is 10.2. The lowest BCUT2D eigenvalue weighted by Crippen LogP contribution is -2.15. The van der Waals surface area contributed by atoms with Crippen molar-refractivity contribution in [1.29, 1.82) is 0 Å². The van der Waals surface area contributed by atoms with Crippen molar-refractivity contribution in [3.63, 3.8) is 0 Å². The van der Waals surface area contributed by atoms with E-state index in [0.29, 0.717) is 12.2 Å². The van der Waals surface area contributed by atoms with E-state index in [9.17, 15) is 4.79 Å². The fraction of sp³-hybridized carbons (Fsp3) is 0.385. The van der Waals surface area contributed by atoms with E-state index in [1.165, 1.54) is 12.4 Å². The summed E-state index contributed by atoms with van der Waals surface area (Å²) in [5.41, 5.74) is 0.807. The van der Waals surface area contributed by atoms with Crippen LogP contribution >= 0.6 is 11.6 Å². The Bertz CT molecular complexity index is 622. The molecular formula is C13H14ClN5O2. The summed E-state index contributed by atoms with van der Waals surface area (Å²) < 4.78 is 7.31. The zero-order valence-electron chi connectivity index (χ0n) is 11.2. The lowest BCUT2D eigenvalue weighted by atomic mass is 10.2. The highest BCUT2D eigenvalue weighted by atomic mass is 35.5. The molecule has 1 amide bonds. The minimum atomic E-state index is -0.351. The predicted octanol–water partition coefficient (Wildman–Crippen LogP) is 1.76. The number of ether oxygens (including phenoxy) is 1. The van der Waals surface area contributed by atoms with Crippen molar-refractivity contribution in [2.75, 3.05) is 11.9 Å². The van der Waals surface area contributed by atoms with E-state index in [-0.39, 0.29) is 22.9 Å². The Kier molecular flexibility index (Phi) is 4.12. The van der Waals surface area contributed by atoms with Crippen molar-refractivity contribution in [1.82, 2.24) is 19.7 Å². The first kappa shape index (κ1) is 14.0. The van der Waals surface area contributed by atoms with Crippen LogP contribution in [-0.2, 0) is 11.3 Å². The molecule has 0 bridgehead atoms. The van der Waals surface area contributed by atoms with Crippen molar-refractivity contribution < 1.29 is 9.53 Å². The van der Waals surface area contributed by atoms with Gasteiger partial charge in [0.25, 0.3) is 5.91 Å². The Morgan fingerprint density at radius 2 is 2.33 bits per heavy atom. The smallest absolute Gasteiger partial charge is 0.275 e. The maximum atomic E-state index is 12.0. The van der Waals surface area contributed by atoms with Crippen LogP contribution in [0.4, 0.5) is 5.69 Å². The van der Waals surface area contributed by atoms with Gasteiger partial charge in [-0.05, 0) is 12.8 Å². The number of amides is 1. The molecule has 3 heterocycles. The molecule has 8 heteroatoms. The van der Waals surface area contributed by atoms with E-state index in [1.807, 2.05) is 0 Å². The second-order valence-corrected chi connectivity index (χ2v) is 5.15. The van der Waals surface area contributed by atoms with Gasteiger partial charge in [-0.1, -0.05) is 11.6 Å². The topological polar surface area (TPSA) is 81.9 Å². The third-order valence-electron chi connectivity index (χ3n) is 3.16. The van der Waals surface area contributed by atoms with Gasteiger partial charge in [0, 0.05) is 12.8 Å². The Morgan fingerprint density at radius 1 is 1.43 bits per heavy atom. The van der Waals surface area contributed by atoms with Crippen molar-refractivity contribution in [2.45, 2.75) is 25.5 Å². The average molecular weight is 308 g/mol. The van der Waals surface area contributed by atoms with Gasteiger partial charge in [-0.25, -0.2) is 9.97 Å². The van der Waals surface area contributed by atoms with Gasteiger partial charge in [-0.3, -0.25) is 9.48 Å². The molecule has 7 nitrogen and oxygen atoms in total. The fourth-order valence-corrected chi connectivity index (χ4v) is 2.25. The van der Waals surface area contributed by atoms with Gasteiger partial charge < -0.3 is 10.1 Å². The van der Waals surface area contributed by atoms with E-state index in [1.54, 1.807) is 17.1 Å². The minimum absolute atomic E-state index is 0.200. The maximum absolute atomic E-state index is 12.0. The first-order valence-corrected chi connectivity index (χ1v) is 7.01. The number of hydrogen-bond donors (Lipinski definition) is 1. The van der Waals surface area contributed by atoms with Gasteiger partial charge in [-0.15, -0.1) is 0 Å². The largest absolute Gasteiger partial charge is 0.376 e. The van der Waals surface area contributed by atoms with Crippen LogP contribution < -0.4 is 5.32 Å². The zero-order chi connectivity index (χ0) is 14.7. The van der Waals surface area contributed by atoms with Crippen LogP contribution in [0.5, 0.6) is 0 Å². The van der Waals surface area contributed by atoms with Crippen molar-refractivity contribution >= 4 is 23.2 Å². The highest BCUT2D eigenvalue weighted by Gasteiger charge is 2.17. The summed E-state index contributed by atoms with van der Waals surface area (Å²) in [5.74, 6) is -0.351. The number of rotatable bonds is 4. The van der Waals surface area contributed by atoms with Crippen molar-refractivity contribution in [2.24, 2.45) is 0 Å². The van der Waals surface area contributed by atoms with Crippen LogP contribution in [0.25, 0.3) is 0 Å². The molecule has 1 N–H and O–H groups in total. The average Bonchev–Trinajstić information content (AvgIpc) is 3.12. The molecule has 0 aromatic carbocycles. The molecular weight excluding hydrogens is 294 g/mol. The molecule has 2 aromatic rings. The Hall–Kier alpha value is -1.99. The maximum Gasteiger partial charge on any atom is 0.275 e. The van der Waals surface area contributed by atoms with Crippen molar-refractivity contribution in [3.8, 4) is 0 Å². The van der Waals surface area contributed by atoms with Crippen LogP contribution in [0, 0.1) is 0 Å². The highest BCUT2D eigenvalue weighted by Crippen LogP contribution is 2.15. The second-order valence-electron chi connectivity index (χ2n) is 4.76. The van der Waals surface area contributed by atoms with Crippen LogP contribution in [-0.4, -0.2) is 38.4 Å². The number of anilines is 1. The van der Waals surface area contributed by atoms with Crippen LogP contribution in [0.15, 0.2) is 24.8 Å². The standard InChI is InChI=1S/C13H14ClN5O2/c14-12-6-15-11(5-16-12)13(20)18-9-4-17-19(7-9)8-10-2-1-3-21-10/h4-7,10H,1-3,8H2,(H,18,20). The zero-order valence-corrected chi connectivity index (χ0v) is 12.0. The SMILES string of the molecule is O=C(Nc1cnn(CC2CCCO2)c1)c1cnc(Cl)cn1. The molecule has 1 atom stereocenters. The van der Waals surface area contributed by atoms with Crippen LogP contribution in [0.1, 0.15) is 23.3 Å². The van der Waals surface area contributed by atoms with E-state index in [4.69, 9.17) is 16.3 Å². The molecule has 110 valence electrons. The molecule has 0 aliphatic carbocycles. The molecule has 1 aliphatic rings. The Labute approximate surface area is 126 Å². The number of hydrogen-bond acceptors (Lipinski definition) is 5. The molecule has 1 aliphatic heterocycles. The highest BCUT2D eigenvalue weighted by molar-refractivity contribution is 6.29. The third kappa shape index (κ3) is 3.56. The number of nitrogens with one attached hydrogen (secondary N) is 1. The summed E-state index contributed by atoms with van der Waals surface area (Å²) in [7, 11) is 0. The number of halogens is 1. The molecule has 1 unspecified atom stereocenters. The quantitative estimate of drug-likeness (QED) is 0.930. The summed E-state index contributed by atoms with van der Waals surface area (Å²) in [4.78, 5) is 19.7. The van der Waals surface area contributed by atoms with E-state index < -0.39 is 0 Å². The van der Waals surface area contributed by atoms with Gasteiger partial charge in [0.2, 0.25) is 0 Å². The number of aromatic nitrogens is 4. The number of nitrogens with zero attached hydrogens (tertiary/aromatic N) is 4. The van der Waals surface area contributed by atoms with Gasteiger partial charge in [-0.2, -0.15) is 5.10 Å². The van der Waals surface area contributed by atoms with Gasteiger partial charge in [0.1, 0.15) is 10.8 Å². The molecule has 1 saturated heterocycles. The minimum Gasteiger partial charge on any atom is -0.376 e. The number of carbonyl (C=O) groups is 1.